The topological polar surface area (TPSA) is 83.5 Å². The lowest BCUT2D eigenvalue weighted by molar-refractivity contribution is -0.118. The predicted molar refractivity (Wildman–Crippen MR) is 120 cm³/mol. The first-order chi connectivity index (χ1) is 14.1. The Morgan fingerprint density at radius 2 is 1.58 bits per heavy atom. The molecule has 0 aliphatic rings. The van der Waals surface area contributed by atoms with Crippen molar-refractivity contribution in [1.29, 1.82) is 0 Å². The molecular weight excluding hydrogens is 441 g/mol. The molecule has 0 aliphatic carbocycles. The molecule has 0 unspecified atom stereocenters. The summed E-state index contributed by atoms with van der Waals surface area (Å²) in [7, 11) is -4.23. The lowest BCUT2D eigenvalue weighted by atomic mass is 9.87. The highest BCUT2D eigenvalue weighted by Crippen LogP contribution is 2.30. The molecule has 0 aromatic heterocycles. The van der Waals surface area contributed by atoms with E-state index >= 15 is 0 Å². The van der Waals surface area contributed by atoms with E-state index in [1.165, 1.54) is 44.2 Å². The summed E-state index contributed by atoms with van der Waals surface area (Å²) in [5.41, 5.74) is 0.954. The number of sulfonamides is 1. The van der Waals surface area contributed by atoms with Crippen molar-refractivity contribution in [2.45, 2.75) is 70.3 Å². The minimum atomic E-state index is -4.23. The first-order valence-corrected chi connectivity index (χ1v) is 11.9. The molecule has 0 atom stereocenters. The summed E-state index contributed by atoms with van der Waals surface area (Å²) in [6.07, 6.45) is -0.209. The van der Waals surface area contributed by atoms with E-state index in [0.717, 1.165) is 0 Å². The molecule has 2 aromatic rings. The van der Waals surface area contributed by atoms with Gasteiger partial charge in [0.05, 0.1) is 16.9 Å². The van der Waals surface area contributed by atoms with Gasteiger partial charge in [0.25, 0.3) is 10.0 Å². The fourth-order valence-electron chi connectivity index (χ4n) is 3.39. The summed E-state index contributed by atoms with van der Waals surface area (Å²) in [6, 6.07) is 6.73. The number of carbonyl (C=O) groups is 1. The van der Waals surface area contributed by atoms with E-state index < -0.39 is 21.5 Å². The summed E-state index contributed by atoms with van der Waals surface area (Å²) in [5.74, 6) is -1.22. The minimum Gasteiger partial charge on any atom is -0.386 e. The van der Waals surface area contributed by atoms with Crippen LogP contribution in [-0.4, -0.2) is 19.4 Å². The van der Waals surface area contributed by atoms with Crippen LogP contribution in [0.5, 0.6) is 0 Å². The molecule has 0 fully saturated rings. The van der Waals surface area contributed by atoms with Crippen LogP contribution in [-0.2, 0) is 26.8 Å². The number of halogens is 2. The maximum absolute atomic E-state index is 14.1. The number of carbonyl (C=O) groups excluding carboxylic acids is 1. The molecule has 0 saturated carbocycles. The second kappa shape index (κ2) is 9.27. The number of aliphatic hydroxyl groups is 1. The van der Waals surface area contributed by atoms with Gasteiger partial charge >= 0.3 is 0 Å². The standard InChI is InChI=1S/C23H29ClFNO4S/c1-13(2)19-10-17(25)11-20(14(3)4)21(19)12-22(27)26-31(29,30)18-8-15(23(5,6)28)7-16(24)9-18/h7-11,13-14,28H,12H2,1-6H3,(H,26,27). The number of amides is 1. The van der Waals surface area contributed by atoms with Crippen molar-refractivity contribution in [2.24, 2.45) is 0 Å². The molecule has 0 bridgehead atoms. The van der Waals surface area contributed by atoms with Crippen LogP contribution in [0.1, 0.15) is 75.6 Å². The highest BCUT2D eigenvalue weighted by molar-refractivity contribution is 7.90. The molecule has 2 rings (SSSR count). The third-order valence-electron chi connectivity index (χ3n) is 5.00. The van der Waals surface area contributed by atoms with Crippen molar-refractivity contribution < 1.29 is 22.7 Å². The van der Waals surface area contributed by atoms with E-state index in [-0.39, 0.29) is 34.0 Å². The Morgan fingerprint density at radius 3 is 2.03 bits per heavy atom. The second-order valence-electron chi connectivity index (χ2n) is 8.81. The third-order valence-corrected chi connectivity index (χ3v) is 6.57. The fourth-order valence-corrected chi connectivity index (χ4v) is 4.74. The van der Waals surface area contributed by atoms with Gasteiger partial charge in [0.15, 0.2) is 0 Å². The number of rotatable bonds is 7. The summed E-state index contributed by atoms with van der Waals surface area (Å²) >= 11 is 6.03. The van der Waals surface area contributed by atoms with Crippen LogP contribution < -0.4 is 4.72 Å². The first kappa shape index (κ1) is 25.3. The van der Waals surface area contributed by atoms with Crippen LogP contribution in [0.25, 0.3) is 0 Å². The Balaban J connectivity index is 2.40. The van der Waals surface area contributed by atoms with E-state index in [2.05, 4.69) is 4.72 Å². The molecular formula is C23H29ClFNO4S. The van der Waals surface area contributed by atoms with Crippen LogP contribution in [0.4, 0.5) is 4.39 Å². The van der Waals surface area contributed by atoms with Gasteiger partial charge in [-0.1, -0.05) is 39.3 Å². The molecule has 5 nitrogen and oxygen atoms in total. The minimum absolute atomic E-state index is 0.0464. The molecule has 31 heavy (non-hydrogen) atoms. The van der Waals surface area contributed by atoms with Crippen molar-refractivity contribution in [3.8, 4) is 0 Å². The van der Waals surface area contributed by atoms with E-state index in [1.807, 2.05) is 27.7 Å². The Hall–Kier alpha value is -1.96. The Bertz CT molecular complexity index is 1060. The molecule has 0 saturated heterocycles. The van der Waals surface area contributed by atoms with Crippen molar-refractivity contribution >= 4 is 27.5 Å². The molecule has 2 aromatic carbocycles. The zero-order chi connectivity index (χ0) is 23.7. The third kappa shape index (κ3) is 6.28. The zero-order valence-corrected chi connectivity index (χ0v) is 20.2. The van der Waals surface area contributed by atoms with Gasteiger partial charge in [0.1, 0.15) is 5.82 Å². The molecule has 0 aliphatic heterocycles. The van der Waals surface area contributed by atoms with Crippen molar-refractivity contribution in [3.05, 3.63) is 63.4 Å². The van der Waals surface area contributed by atoms with Gasteiger partial charge in [-0.05, 0) is 78.3 Å². The second-order valence-corrected chi connectivity index (χ2v) is 10.9. The van der Waals surface area contributed by atoms with Crippen LogP contribution in [0.2, 0.25) is 5.02 Å². The highest BCUT2D eigenvalue weighted by Gasteiger charge is 2.25. The van der Waals surface area contributed by atoms with Gasteiger partial charge in [0, 0.05) is 5.02 Å². The van der Waals surface area contributed by atoms with Gasteiger partial charge in [-0.25, -0.2) is 17.5 Å². The van der Waals surface area contributed by atoms with Crippen LogP contribution >= 0.6 is 11.6 Å². The van der Waals surface area contributed by atoms with Gasteiger partial charge in [-0.2, -0.15) is 0 Å². The lowest BCUT2D eigenvalue weighted by Gasteiger charge is -2.20. The Labute approximate surface area is 188 Å². The summed E-state index contributed by atoms with van der Waals surface area (Å²) < 4.78 is 41.8. The van der Waals surface area contributed by atoms with E-state index in [9.17, 15) is 22.7 Å². The number of nitrogens with one attached hydrogen (secondary N) is 1. The fraction of sp³-hybridized carbons (Fsp3) is 0.435. The van der Waals surface area contributed by atoms with Gasteiger partial charge in [-0.15, -0.1) is 0 Å². The summed E-state index contributed by atoms with van der Waals surface area (Å²) in [6.45, 7) is 10.6. The average molecular weight is 470 g/mol. The predicted octanol–water partition coefficient (Wildman–Crippen LogP) is 5.00. The van der Waals surface area contributed by atoms with Gasteiger partial charge in [0.2, 0.25) is 5.91 Å². The van der Waals surface area contributed by atoms with Gasteiger partial charge in [-0.3, -0.25) is 4.79 Å². The summed E-state index contributed by atoms with van der Waals surface area (Å²) in [4.78, 5) is 12.5. The van der Waals surface area contributed by atoms with Gasteiger partial charge < -0.3 is 5.11 Å². The SMILES string of the molecule is CC(C)c1cc(F)cc(C(C)C)c1CC(=O)NS(=O)(=O)c1cc(Cl)cc(C(C)(C)O)c1. The monoisotopic (exact) mass is 469 g/mol. The number of hydrogen-bond acceptors (Lipinski definition) is 4. The highest BCUT2D eigenvalue weighted by atomic mass is 35.5. The molecule has 8 heteroatoms. The summed E-state index contributed by atoms with van der Waals surface area (Å²) in [5, 5.41) is 10.3. The largest absolute Gasteiger partial charge is 0.386 e. The van der Waals surface area contributed by atoms with Crippen molar-refractivity contribution in [3.63, 3.8) is 0 Å². The van der Waals surface area contributed by atoms with E-state index in [0.29, 0.717) is 22.3 Å². The van der Waals surface area contributed by atoms with Crippen LogP contribution in [0.15, 0.2) is 35.2 Å². The quantitative estimate of drug-likeness (QED) is 0.597. The molecule has 170 valence electrons. The molecule has 0 heterocycles. The Morgan fingerprint density at radius 1 is 1.06 bits per heavy atom. The molecule has 0 spiro atoms. The normalized spacial score (nSPS) is 12.5. The maximum Gasteiger partial charge on any atom is 0.264 e. The maximum atomic E-state index is 14.1. The smallest absolute Gasteiger partial charge is 0.264 e. The molecule has 0 radical (unpaired) electrons. The van der Waals surface area contributed by atoms with Crippen LogP contribution in [0, 0.1) is 5.82 Å². The van der Waals surface area contributed by atoms with Crippen molar-refractivity contribution in [2.75, 3.05) is 0 Å². The molecule has 1 amide bonds. The van der Waals surface area contributed by atoms with E-state index in [4.69, 9.17) is 11.6 Å². The number of benzene rings is 2. The zero-order valence-electron chi connectivity index (χ0n) is 18.6. The average Bonchev–Trinajstić information content (AvgIpc) is 2.60. The number of hydrogen-bond donors (Lipinski definition) is 2. The first-order valence-electron chi connectivity index (χ1n) is 10.0. The van der Waals surface area contributed by atoms with Crippen LogP contribution in [0.3, 0.4) is 0 Å². The Kier molecular flexibility index (Phi) is 7.56. The van der Waals surface area contributed by atoms with E-state index in [1.54, 1.807) is 0 Å². The lowest BCUT2D eigenvalue weighted by Crippen LogP contribution is -2.32. The van der Waals surface area contributed by atoms with Crippen molar-refractivity contribution in [1.82, 2.24) is 4.72 Å². The molecule has 2 N–H and O–H groups in total.